The van der Waals surface area contributed by atoms with E-state index in [1.54, 1.807) is 0 Å². The van der Waals surface area contributed by atoms with E-state index in [4.69, 9.17) is 4.42 Å². The van der Waals surface area contributed by atoms with Crippen LogP contribution in [0, 0.1) is 6.92 Å². The molecule has 1 unspecified atom stereocenters. The molecule has 4 nitrogen and oxygen atoms in total. The molecule has 1 aliphatic heterocycles. The highest BCUT2D eigenvalue weighted by molar-refractivity contribution is 7.99. The average Bonchev–Trinajstić information content (AvgIpc) is 2.78. The summed E-state index contributed by atoms with van der Waals surface area (Å²) >= 11 is 1.83. The maximum atomic E-state index is 12.2. The largest absolute Gasteiger partial charge is 0.427 e. The third-order valence-corrected chi connectivity index (χ3v) is 5.33. The maximum absolute atomic E-state index is 12.2. The van der Waals surface area contributed by atoms with Crippen LogP contribution in [0.1, 0.15) is 53.3 Å². The predicted molar refractivity (Wildman–Crippen MR) is 79.5 cm³/mol. The number of hydrogen-bond acceptors (Lipinski definition) is 4. The molecule has 1 aromatic rings. The second-order valence-corrected chi connectivity index (χ2v) is 6.81. The van der Waals surface area contributed by atoms with Crippen LogP contribution in [0.15, 0.2) is 15.3 Å². The molecule has 1 saturated heterocycles. The number of amides is 1. The van der Waals surface area contributed by atoms with Crippen molar-refractivity contribution >= 4 is 17.7 Å². The number of nitrogens with one attached hydrogen (secondary N) is 1. The number of carbonyl (C=O) groups is 1. The summed E-state index contributed by atoms with van der Waals surface area (Å²) in [6.07, 6.45) is 4.32. The van der Waals surface area contributed by atoms with E-state index >= 15 is 0 Å². The second kappa shape index (κ2) is 5.64. The summed E-state index contributed by atoms with van der Waals surface area (Å²) in [7, 11) is 0. The molecule has 108 valence electrons. The van der Waals surface area contributed by atoms with Crippen molar-refractivity contribution in [2.24, 2.45) is 0 Å². The third kappa shape index (κ3) is 2.64. The molecule has 0 radical (unpaired) electrons. The summed E-state index contributed by atoms with van der Waals surface area (Å²) < 4.78 is 5.36. The van der Waals surface area contributed by atoms with E-state index in [-0.39, 0.29) is 17.5 Å². The summed E-state index contributed by atoms with van der Waals surface area (Å²) in [6, 6.07) is 2.04. The summed E-state index contributed by atoms with van der Waals surface area (Å²) in [5.74, 6) is 2.82. The zero-order valence-corrected chi connectivity index (χ0v) is 12.4. The van der Waals surface area contributed by atoms with Crippen molar-refractivity contribution < 1.29 is 9.21 Å². The molecule has 3 rings (SSSR count). The lowest BCUT2D eigenvalue weighted by Crippen LogP contribution is -2.37. The van der Waals surface area contributed by atoms with Crippen LogP contribution in [0.25, 0.3) is 0 Å². The van der Waals surface area contributed by atoms with Crippen LogP contribution in [-0.2, 0) is 0 Å². The number of rotatable bonds is 3. The standard InChI is InChI=1S/C15H19NO3S/c1-9-7-12(10-3-2-4-10)19-15(18)13(9)14(17)16-11-5-6-20-8-11/h7,10-11H,2-6,8H2,1H3,(H,16,17). The van der Waals surface area contributed by atoms with E-state index in [1.165, 1.54) is 6.42 Å². The number of aryl methyl sites for hydroxylation is 1. The van der Waals surface area contributed by atoms with Crippen LogP contribution in [0.3, 0.4) is 0 Å². The van der Waals surface area contributed by atoms with Crippen LogP contribution >= 0.6 is 11.8 Å². The fraction of sp³-hybridized carbons (Fsp3) is 0.600. The lowest BCUT2D eigenvalue weighted by atomic mass is 9.83. The van der Waals surface area contributed by atoms with Gasteiger partial charge in [-0.05, 0) is 43.6 Å². The van der Waals surface area contributed by atoms with Crippen molar-refractivity contribution in [1.29, 1.82) is 0 Å². The molecule has 2 heterocycles. The van der Waals surface area contributed by atoms with Crippen molar-refractivity contribution in [1.82, 2.24) is 5.32 Å². The molecule has 20 heavy (non-hydrogen) atoms. The van der Waals surface area contributed by atoms with Gasteiger partial charge < -0.3 is 9.73 Å². The summed E-state index contributed by atoms with van der Waals surface area (Å²) in [5.41, 5.74) is 0.409. The first-order valence-corrected chi connectivity index (χ1v) is 8.34. The summed E-state index contributed by atoms with van der Waals surface area (Å²) in [5, 5.41) is 2.93. The molecule has 2 fully saturated rings. The van der Waals surface area contributed by atoms with Gasteiger partial charge in [-0.1, -0.05) is 6.42 Å². The van der Waals surface area contributed by atoms with Gasteiger partial charge in [-0.2, -0.15) is 11.8 Å². The number of carbonyl (C=O) groups excluding carboxylic acids is 1. The molecule has 1 atom stereocenters. The van der Waals surface area contributed by atoms with Crippen LogP contribution in [0.5, 0.6) is 0 Å². The van der Waals surface area contributed by atoms with Crippen LogP contribution < -0.4 is 10.9 Å². The molecular formula is C15H19NO3S. The molecule has 2 aliphatic rings. The smallest absolute Gasteiger partial charge is 0.349 e. The first kappa shape index (κ1) is 13.7. The predicted octanol–water partition coefficient (Wildman–Crippen LogP) is 2.45. The highest BCUT2D eigenvalue weighted by Gasteiger charge is 2.26. The van der Waals surface area contributed by atoms with E-state index in [2.05, 4.69) is 5.32 Å². The lowest BCUT2D eigenvalue weighted by molar-refractivity contribution is 0.0935. The SMILES string of the molecule is Cc1cc(C2CCC2)oc(=O)c1C(=O)NC1CCSC1. The molecule has 1 saturated carbocycles. The highest BCUT2D eigenvalue weighted by atomic mass is 32.2. The van der Waals surface area contributed by atoms with Gasteiger partial charge >= 0.3 is 5.63 Å². The Morgan fingerprint density at radius 3 is 2.75 bits per heavy atom. The first-order chi connectivity index (χ1) is 9.65. The minimum absolute atomic E-state index is 0.171. The van der Waals surface area contributed by atoms with Crippen LogP contribution in [0.4, 0.5) is 0 Å². The van der Waals surface area contributed by atoms with Gasteiger partial charge in [-0.3, -0.25) is 4.79 Å². The molecule has 5 heteroatoms. The molecule has 1 N–H and O–H groups in total. The number of thioether (sulfide) groups is 1. The molecule has 1 aromatic heterocycles. The molecule has 1 amide bonds. The van der Waals surface area contributed by atoms with Crippen LogP contribution in [0.2, 0.25) is 0 Å². The Morgan fingerprint density at radius 2 is 2.20 bits per heavy atom. The fourth-order valence-corrected chi connectivity index (χ4v) is 3.86. The molecule has 1 aliphatic carbocycles. The van der Waals surface area contributed by atoms with Gasteiger partial charge in [0.2, 0.25) is 0 Å². The zero-order chi connectivity index (χ0) is 14.1. The molecule has 0 bridgehead atoms. The first-order valence-electron chi connectivity index (χ1n) is 7.18. The van der Waals surface area contributed by atoms with Gasteiger partial charge in [0.25, 0.3) is 5.91 Å². The minimum Gasteiger partial charge on any atom is -0.427 e. The lowest BCUT2D eigenvalue weighted by Gasteiger charge is -2.24. The maximum Gasteiger partial charge on any atom is 0.349 e. The average molecular weight is 293 g/mol. The highest BCUT2D eigenvalue weighted by Crippen LogP contribution is 2.36. The number of hydrogen-bond donors (Lipinski definition) is 1. The Kier molecular flexibility index (Phi) is 3.87. The van der Waals surface area contributed by atoms with E-state index in [0.29, 0.717) is 5.92 Å². The molecule has 0 spiro atoms. The zero-order valence-electron chi connectivity index (χ0n) is 11.6. The molecule has 0 aromatic carbocycles. The minimum atomic E-state index is -0.491. The Bertz CT molecular complexity index is 571. The molecular weight excluding hydrogens is 274 g/mol. The Hall–Kier alpha value is -1.23. The monoisotopic (exact) mass is 293 g/mol. The van der Waals surface area contributed by atoms with Gasteiger partial charge in [-0.25, -0.2) is 4.79 Å². The van der Waals surface area contributed by atoms with Crippen molar-refractivity contribution in [2.45, 2.75) is 44.6 Å². The van der Waals surface area contributed by atoms with Gasteiger partial charge in [0.1, 0.15) is 11.3 Å². The van der Waals surface area contributed by atoms with Gasteiger partial charge in [0.15, 0.2) is 0 Å². The Labute approximate surface area is 122 Å². The van der Waals surface area contributed by atoms with E-state index in [1.807, 2.05) is 24.8 Å². The van der Waals surface area contributed by atoms with Gasteiger partial charge in [0.05, 0.1) is 0 Å². The van der Waals surface area contributed by atoms with E-state index in [0.717, 1.165) is 42.1 Å². The van der Waals surface area contributed by atoms with Crippen LogP contribution in [-0.4, -0.2) is 23.5 Å². The second-order valence-electron chi connectivity index (χ2n) is 5.66. The van der Waals surface area contributed by atoms with Crippen molar-refractivity contribution in [3.05, 3.63) is 33.4 Å². The Morgan fingerprint density at radius 1 is 1.40 bits per heavy atom. The quantitative estimate of drug-likeness (QED) is 0.930. The third-order valence-electron chi connectivity index (χ3n) is 4.17. The van der Waals surface area contributed by atoms with Crippen molar-refractivity contribution in [3.8, 4) is 0 Å². The summed E-state index contributed by atoms with van der Waals surface area (Å²) in [4.78, 5) is 24.3. The normalized spacial score (nSPS) is 22.6. The van der Waals surface area contributed by atoms with Crippen molar-refractivity contribution in [2.75, 3.05) is 11.5 Å². The Balaban J connectivity index is 1.81. The van der Waals surface area contributed by atoms with Crippen molar-refractivity contribution in [3.63, 3.8) is 0 Å². The fourth-order valence-electron chi connectivity index (χ4n) is 2.71. The van der Waals surface area contributed by atoms with Gasteiger partial charge in [-0.15, -0.1) is 0 Å². The topological polar surface area (TPSA) is 59.3 Å². The van der Waals surface area contributed by atoms with E-state index in [9.17, 15) is 9.59 Å². The van der Waals surface area contributed by atoms with Gasteiger partial charge in [0, 0.05) is 17.7 Å². The van der Waals surface area contributed by atoms with E-state index < -0.39 is 5.63 Å². The summed E-state index contributed by atoms with van der Waals surface area (Å²) in [6.45, 7) is 1.82.